The Balaban J connectivity index is 1.97. The molecular formula is C17H18N2O2. The largest absolute Gasteiger partial charge is 0.361 e. The van der Waals surface area contributed by atoms with Gasteiger partial charge in [0.15, 0.2) is 0 Å². The van der Waals surface area contributed by atoms with Gasteiger partial charge in [0.2, 0.25) is 6.54 Å². The minimum Gasteiger partial charge on any atom is -0.361 e. The number of hydrogen-bond acceptors (Lipinski definition) is 2. The maximum Gasteiger partial charge on any atom is 0.216 e. The first-order valence-corrected chi connectivity index (χ1v) is 7.17. The van der Waals surface area contributed by atoms with Gasteiger partial charge in [-0.2, -0.15) is 0 Å². The molecule has 21 heavy (non-hydrogen) atoms. The number of nitrogens with one attached hydrogen (secondary N) is 1. The first-order valence-electron chi connectivity index (χ1n) is 7.17. The number of fused-ring (bicyclic) bond motifs is 1. The molecule has 1 aromatic carbocycles. The molecule has 0 bridgehead atoms. The van der Waals surface area contributed by atoms with Crippen LogP contribution in [0, 0.1) is 17.0 Å². The van der Waals surface area contributed by atoms with Gasteiger partial charge >= 0.3 is 0 Å². The van der Waals surface area contributed by atoms with E-state index in [9.17, 15) is 10.1 Å². The van der Waals surface area contributed by atoms with E-state index in [0.717, 1.165) is 29.7 Å². The molecule has 0 saturated heterocycles. The van der Waals surface area contributed by atoms with Crippen molar-refractivity contribution in [3.8, 4) is 0 Å². The first-order chi connectivity index (χ1) is 10.1. The lowest BCUT2D eigenvalue weighted by Crippen LogP contribution is -2.14. The average molecular weight is 282 g/mol. The molecule has 0 radical (unpaired) electrons. The van der Waals surface area contributed by atoms with Gasteiger partial charge in [-0.1, -0.05) is 42.0 Å². The molecule has 1 heterocycles. The Morgan fingerprint density at radius 2 is 1.95 bits per heavy atom. The molecule has 108 valence electrons. The Morgan fingerprint density at radius 1 is 1.24 bits per heavy atom. The molecule has 4 nitrogen and oxygen atoms in total. The summed E-state index contributed by atoms with van der Waals surface area (Å²) in [5.41, 5.74) is 5.54. The van der Waals surface area contributed by atoms with Crippen LogP contribution in [0.25, 0.3) is 0 Å². The van der Waals surface area contributed by atoms with Crippen LogP contribution in [0.15, 0.2) is 42.5 Å². The van der Waals surface area contributed by atoms with Crippen molar-refractivity contribution < 1.29 is 4.92 Å². The first kappa shape index (κ1) is 13.6. The van der Waals surface area contributed by atoms with Crippen LogP contribution in [-0.2, 0) is 12.8 Å². The highest BCUT2D eigenvalue weighted by Gasteiger charge is 2.23. The van der Waals surface area contributed by atoms with Gasteiger partial charge < -0.3 is 4.98 Å². The average Bonchev–Trinajstić information content (AvgIpc) is 2.89. The van der Waals surface area contributed by atoms with Gasteiger partial charge in [0, 0.05) is 22.7 Å². The highest BCUT2D eigenvalue weighted by atomic mass is 16.6. The van der Waals surface area contributed by atoms with Crippen LogP contribution in [0.1, 0.15) is 34.0 Å². The number of aryl methyl sites for hydroxylation is 1. The summed E-state index contributed by atoms with van der Waals surface area (Å²) in [6.45, 7) is 1.93. The van der Waals surface area contributed by atoms with Gasteiger partial charge in [0.05, 0.1) is 5.92 Å². The number of allylic oxidation sites excluding steroid dienone is 2. The lowest BCUT2D eigenvalue weighted by molar-refractivity contribution is -0.481. The number of aromatic nitrogens is 1. The van der Waals surface area contributed by atoms with Crippen molar-refractivity contribution in [2.24, 2.45) is 0 Å². The number of benzene rings is 1. The number of H-pyrrole nitrogens is 1. The topological polar surface area (TPSA) is 58.9 Å². The normalized spacial score (nSPS) is 14.7. The number of hydrogen-bond donors (Lipinski definition) is 1. The van der Waals surface area contributed by atoms with E-state index in [1.807, 2.05) is 31.2 Å². The number of rotatable bonds is 4. The van der Waals surface area contributed by atoms with Crippen LogP contribution in [0.3, 0.4) is 0 Å². The Morgan fingerprint density at radius 3 is 2.62 bits per heavy atom. The second kappa shape index (κ2) is 5.56. The summed E-state index contributed by atoms with van der Waals surface area (Å²) in [4.78, 5) is 14.2. The van der Waals surface area contributed by atoms with Crippen LogP contribution < -0.4 is 0 Å². The van der Waals surface area contributed by atoms with Gasteiger partial charge in [0.1, 0.15) is 0 Å². The third kappa shape index (κ3) is 2.89. The van der Waals surface area contributed by atoms with Crippen molar-refractivity contribution in [3.63, 3.8) is 0 Å². The quantitative estimate of drug-likeness (QED) is 0.531. The smallest absolute Gasteiger partial charge is 0.216 e. The van der Waals surface area contributed by atoms with Crippen molar-refractivity contribution >= 4 is 0 Å². The van der Waals surface area contributed by atoms with Gasteiger partial charge in [-0.25, -0.2) is 0 Å². The van der Waals surface area contributed by atoms with Crippen LogP contribution in [-0.4, -0.2) is 16.5 Å². The predicted molar refractivity (Wildman–Crippen MR) is 82.2 cm³/mol. The summed E-state index contributed by atoms with van der Waals surface area (Å²) in [6.07, 6.45) is 6.07. The third-order valence-electron chi connectivity index (χ3n) is 4.03. The summed E-state index contributed by atoms with van der Waals surface area (Å²) in [6, 6.07) is 10.1. The number of nitro groups is 1. The van der Waals surface area contributed by atoms with E-state index in [2.05, 4.69) is 23.2 Å². The van der Waals surface area contributed by atoms with Gasteiger partial charge in [-0.05, 0) is 30.5 Å². The van der Waals surface area contributed by atoms with E-state index in [1.54, 1.807) is 0 Å². The predicted octanol–water partition coefficient (Wildman–Crippen LogP) is 3.39. The second-order valence-corrected chi connectivity index (χ2v) is 5.59. The summed E-state index contributed by atoms with van der Waals surface area (Å²) >= 11 is 0. The van der Waals surface area contributed by atoms with E-state index >= 15 is 0 Å². The maximum absolute atomic E-state index is 11.0. The Hall–Kier alpha value is -2.36. The minimum atomic E-state index is -0.234. The van der Waals surface area contributed by atoms with Gasteiger partial charge in [-0.3, -0.25) is 10.1 Å². The minimum absolute atomic E-state index is 0.0874. The van der Waals surface area contributed by atoms with Crippen LogP contribution in [0.2, 0.25) is 0 Å². The fourth-order valence-electron chi connectivity index (χ4n) is 2.86. The standard InChI is InChI=1S/C17H18N2O2/c1-12-6-8-13(9-7-12)15(11-19(20)21)17-10-14-4-2-3-5-16(14)18-17/h2-3,6-10,15,18H,4-5,11H2,1H3. The van der Waals surface area contributed by atoms with Crippen LogP contribution >= 0.6 is 0 Å². The Bertz CT molecular complexity index is 658. The van der Waals surface area contributed by atoms with E-state index in [-0.39, 0.29) is 17.4 Å². The molecule has 1 aliphatic rings. The lowest BCUT2D eigenvalue weighted by Gasteiger charge is -2.12. The molecule has 3 rings (SSSR count). The van der Waals surface area contributed by atoms with Crippen molar-refractivity contribution in [2.75, 3.05) is 6.54 Å². The molecule has 1 aromatic heterocycles. The number of aromatic amines is 1. The molecule has 0 fully saturated rings. The van der Waals surface area contributed by atoms with E-state index in [4.69, 9.17) is 0 Å². The number of nitrogens with zero attached hydrogens (tertiary/aromatic N) is 1. The SMILES string of the molecule is Cc1ccc(C(C[N+](=O)[O-])c2cc3c([nH]2)CC=CC3)cc1. The molecule has 4 heteroatoms. The summed E-state index contributed by atoms with van der Waals surface area (Å²) in [5, 5.41) is 11.0. The molecule has 1 N–H and O–H groups in total. The molecule has 0 saturated carbocycles. The molecule has 0 aliphatic heterocycles. The highest BCUT2D eigenvalue weighted by molar-refractivity contribution is 5.38. The molecule has 1 unspecified atom stereocenters. The summed E-state index contributed by atoms with van der Waals surface area (Å²) < 4.78 is 0. The fourth-order valence-corrected chi connectivity index (χ4v) is 2.86. The second-order valence-electron chi connectivity index (χ2n) is 5.59. The van der Waals surface area contributed by atoms with Crippen molar-refractivity contribution in [2.45, 2.75) is 25.7 Å². The molecule has 1 atom stereocenters. The molecule has 0 spiro atoms. The van der Waals surface area contributed by atoms with Gasteiger partial charge in [-0.15, -0.1) is 0 Å². The highest BCUT2D eigenvalue weighted by Crippen LogP contribution is 2.28. The van der Waals surface area contributed by atoms with Crippen LogP contribution in [0.4, 0.5) is 0 Å². The van der Waals surface area contributed by atoms with E-state index in [1.165, 1.54) is 11.3 Å². The van der Waals surface area contributed by atoms with E-state index in [0.29, 0.717) is 0 Å². The zero-order chi connectivity index (χ0) is 14.8. The molecule has 0 amide bonds. The lowest BCUT2D eigenvalue weighted by atomic mass is 9.94. The zero-order valence-corrected chi connectivity index (χ0v) is 12.0. The zero-order valence-electron chi connectivity index (χ0n) is 12.0. The van der Waals surface area contributed by atoms with Crippen molar-refractivity contribution in [1.82, 2.24) is 4.98 Å². The molecule has 1 aliphatic carbocycles. The van der Waals surface area contributed by atoms with Crippen molar-refractivity contribution in [3.05, 3.63) is 80.7 Å². The monoisotopic (exact) mass is 282 g/mol. The van der Waals surface area contributed by atoms with Crippen LogP contribution in [0.5, 0.6) is 0 Å². The molecular weight excluding hydrogens is 264 g/mol. The Labute approximate surface area is 123 Å². The fraction of sp³-hybridized carbons (Fsp3) is 0.294. The third-order valence-corrected chi connectivity index (χ3v) is 4.03. The van der Waals surface area contributed by atoms with Gasteiger partial charge in [0.25, 0.3) is 0 Å². The van der Waals surface area contributed by atoms with Crippen molar-refractivity contribution in [1.29, 1.82) is 0 Å². The Kier molecular flexibility index (Phi) is 3.60. The summed E-state index contributed by atoms with van der Waals surface area (Å²) in [7, 11) is 0. The summed E-state index contributed by atoms with van der Waals surface area (Å²) in [5.74, 6) is -0.216. The maximum atomic E-state index is 11.0. The van der Waals surface area contributed by atoms with E-state index < -0.39 is 0 Å². The molecule has 2 aromatic rings.